The number of hydrogen-bond acceptors (Lipinski definition) is 3. The zero-order valence-corrected chi connectivity index (χ0v) is 10.9. The number of ether oxygens (including phenoxy) is 1. The highest BCUT2D eigenvalue weighted by atomic mass is 19.1. The summed E-state index contributed by atoms with van der Waals surface area (Å²) in [4.78, 5) is 15.7. The Kier molecular flexibility index (Phi) is 3.46. The van der Waals surface area contributed by atoms with Crippen LogP contribution in [-0.2, 0) is 12.8 Å². The van der Waals surface area contributed by atoms with Crippen LogP contribution in [0.25, 0.3) is 0 Å². The summed E-state index contributed by atoms with van der Waals surface area (Å²) < 4.78 is 18.5. The highest BCUT2D eigenvalue weighted by Gasteiger charge is 2.13. The number of benzene rings is 1. The van der Waals surface area contributed by atoms with Gasteiger partial charge in [-0.2, -0.15) is 0 Å². The van der Waals surface area contributed by atoms with Gasteiger partial charge in [0.2, 0.25) is 0 Å². The number of pyridine rings is 1. The van der Waals surface area contributed by atoms with Crippen molar-refractivity contribution in [3.8, 4) is 5.75 Å². The zero-order valence-electron chi connectivity index (χ0n) is 10.9. The van der Waals surface area contributed by atoms with E-state index in [1.54, 1.807) is 0 Å². The fourth-order valence-corrected chi connectivity index (χ4v) is 2.36. The van der Waals surface area contributed by atoms with Crippen LogP contribution < -0.4 is 4.74 Å². The minimum Gasteiger partial charge on any atom is -0.493 e. The molecular weight excluding hydrogens is 257 g/mol. The number of carbonyl (C=O) groups is 1. The molecule has 1 aliphatic rings. The third kappa shape index (κ3) is 2.69. The van der Waals surface area contributed by atoms with Gasteiger partial charge in [-0.05, 0) is 29.7 Å². The number of halogens is 1. The van der Waals surface area contributed by atoms with Crippen LogP contribution in [0.1, 0.15) is 27.9 Å². The molecule has 0 aliphatic carbocycles. The minimum atomic E-state index is -0.481. The number of nitrogens with zero attached hydrogens (tertiary/aromatic N) is 1. The van der Waals surface area contributed by atoms with E-state index in [2.05, 4.69) is 11.1 Å². The van der Waals surface area contributed by atoms with Crippen LogP contribution in [0.15, 0.2) is 36.7 Å². The summed E-state index contributed by atoms with van der Waals surface area (Å²) in [5.41, 5.74) is 2.63. The van der Waals surface area contributed by atoms with E-state index < -0.39 is 5.82 Å². The molecule has 0 saturated heterocycles. The Morgan fingerprint density at radius 1 is 1.30 bits per heavy atom. The first-order chi connectivity index (χ1) is 9.72. The minimum absolute atomic E-state index is 0.0891. The Morgan fingerprint density at radius 2 is 2.20 bits per heavy atom. The second kappa shape index (κ2) is 5.41. The Bertz CT molecular complexity index is 655. The van der Waals surface area contributed by atoms with Gasteiger partial charge in [0, 0.05) is 24.6 Å². The molecule has 3 nitrogen and oxygen atoms in total. The van der Waals surface area contributed by atoms with Crippen LogP contribution in [0.2, 0.25) is 0 Å². The van der Waals surface area contributed by atoms with Crippen LogP contribution in [0.4, 0.5) is 4.39 Å². The summed E-state index contributed by atoms with van der Waals surface area (Å²) in [5, 5.41) is 0. The third-order valence-corrected chi connectivity index (χ3v) is 3.42. The molecule has 0 spiro atoms. The lowest BCUT2D eigenvalue weighted by atomic mass is 10.0. The number of aromatic nitrogens is 1. The molecule has 0 fully saturated rings. The zero-order chi connectivity index (χ0) is 13.9. The van der Waals surface area contributed by atoms with E-state index in [1.807, 2.05) is 12.1 Å². The molecule has 4 heteroatoms. The normalized spacial score (nSPS) is 12.8. The Labute approximate surface area is 116 Å². The smallest absolute Gasteiger partial charge is 0.164 e. The summed E-state index contributed by atoms with van der Waals surface area (Å²) in [5.74, 6) is 0.369. The third-order valence-electron chi connectivity index (χ3n) is 3.42. The molecule has 0 N–H and O–H groups in total. The molecule has 0 unspecified atom stereocenters. The molecule has 20 heavy (non-hydrogen) atoms. The molecule has 0 radical (unpaired) electrons. The molecule has 1 aromatic heterocycles. The second-order valence-electron chi connectivity index (χ2n) is 4.86. The maximum atomic E-state index is 13.0. The molecule has 1 aliphatic heterocycles. The summed E-state index contributed by atoms with van der Waals surface area (Å²) >= 11 is 0. The molecule has 0 atom stereocenters. The van der Waals surface area contributed by atoms with Crippen LogP contribution in [0.3, 0.4) is 0 Å². The number of rotatable bonds is 4. The number of fused-ring (bicyclic) bond motifs is 1. The van der Waals surface area contributed by atoms with Crippen molar-refractivity contribution in [1.82, 2.24) is 4.98 Å². The largest absolute Gasteiger partial charge is 0.493 e. The Morgan fingerprint density at radius 3 is 3.05 bits per heavy atom. The van der Waals surface area contributed by atoms with Gasteiger partial charge in [-0.25, -0.2) is 4.39 Å². The van der Waals surface area contributed by atoms with E-state index in [1.165, 1.54) is 17.8 Å². The van der Waals surface area contributed by atoms with Crippen LogP contribution >= 0.6 is 0 Å². The lowest BCUT2D eigenvalue weighted by molar-refractivity contribution is 0.0982. The summed E-state index contributed by atoms with van der Waals surface area (Å²) in [7, 11) is 0. The lowest BCUT2D eigenvalue weighted by Gasteiger charge is -2.04. The van der Waals surface area contributed by atoms with Gasteiger partial charge in [0.05, 0.1) is 12.8 Å². The van der Waals surface area contributed by atoms with E-state index in [9.17, 15) is 9.18 Å². The average Bonchev–Trinajstić information content (AvgIpc) is 2.92. The average molecular weight is 271 g/mol. The predicted octanol–water partition coefficient (Wildman–Crippen LogP) is 2.97. The lowest BCUT2D eigenvalue weighted by Crippen LogP contribution is -2.02. The summed E-state index contributed by atoms with van der Waals surface area (Å²) in [6, 6.07) is 7.23. The van der Waals surface area contributed by atoms with Gasteiger partial charge in [-0.3, -0.25) is 9.78 Å². The van der Waals surface area contributed by atoms with Crippen molar-refractivity contribution in [2.75, 3.05) is 6.61 Å². The first-order valence-electron chi connectivity index (χ1n) is 6.61. The van der Waals surface area contributed by atoms with E-state index in [0.717, 1.165) is 30.5 Å². The molecule has 0 bridgehead atoms. The topological polar surface area (TPSA) is 39.2 Å². The van der Waals surface area contributed by atoms with E-state index in [0.29, 0.717) is 18.4 Å². The van der Waals surface area contributed by atoms with Gasteiger partial charge >= 0.3 is 0 Å². The molecular formula is C16H14FNO2. The van der Waals surface area contributed by atoms with Crippen LogP contribution in [-0.4, -0.2) is 17.4 Å². The van der Waals surface area contributed by atoms with Crippen molar-refractivity contribution in [2.24, 2.45) is 0 Å². The first-order valence-corrected chi connectivity index (χ1v) is 6.61. The van der Waals surface area contributed by atoms with Gasteiger partial charge in [0.1, 0.15) is 11.6 Å². The van der Waals surface area contributed by atoms with Crippen molar-refractivity contribution in [1.29, 1.82) is 0 Å². The SMILES string of the molecule is O=C(CCc1ccc2c(c1)CCO2)c1cncc(F)c1. The van der Waals surface area contributed by atoms with E-state index in [4.69, 9.17) is 4.74 Å². The molecule has 0 amide bonds. The monoisotopic (exact) mass is 271 g/mol. The van der Waals surface area contributed by atoms with Crippen molar-refractivity contribution in [3.63, 3.8) is 0 Å². The number of carbonyl (C=O) groups excluding carboxylic acids is 1. The van der Waals surface area contributed by atoms with Crippen molar-refractivity contribution in [2.45, 2.75) is 19.3 Å². The van der Waals surface area contributed by atoms with Gasteiger partial charge in [-0.15, -0.1) is 0 Å². The van der Waals surface area contributed by atoms with E-state index in [-0.39, 0.29) is 5.78 Å². The standard InChI is InChI=1S/C16H14FNO2/c17-14-8-13(9-18-10-14)15(19)3-1-11-2-4-16-12(7-11)5-6-20-16/h2,4,7-10H,1,3,5-6H2. The molecule has 1 aromatic carbocycles. The Balaban J connectivity index is 1.66. The first kappa shape index (κ1) is 12.8. The van der Waals surface area contributed by atoms with Crippen LogP contribution in [0.5, 0.6) is 5.75 Å². The quantitative estimate of drug-likeness (QED) is 0.802. The maximum absolute atomic E-state index is 13.0. The van der Waals surface area contributed by atoms with Crippen molar-refractivity contribution in [3.05, 3.63) is 59.2 Å². The number of ketones is 1. The number of hydrogen-bond donors (Lipinski definition) is 0. The molecule has 102 valence electrons. The molecule has 2 aromatic rings. The maximum Gasteiger partial charge on any atom is 0.164 e. The van der Waals surface area contributed by atoms with Gasteiger partial charge in [0.15, 0.2) is 5.78 Å². The van der Waals surface area contributed by atoms with Gasteiger partial charge in [-0.1, -0.05) is 12.1 Å². The van der Waals surface area contributed by atoms with Gasteiger partial charge in [0.25, 0.3) is 0 Å². The van der Waals surface area contributed by atoms with E-state index >= 15 is 0 Å². The Hall–Kier alpha value is -2.23. The highest BCUT2D eigenvalue weighted by molar-refractivity contribution is 5.95. The predicted molar refractivity (Wildman–Crippen MR) is 72.5 cm³/mol. The number of aryl methyl sites for hydroxylation is 1. The van der Waals surface area contributed by atoms with Crippen molar-refractivity contribution < 1.29 is 13.9 Å². The fourth-order valence-electron chi connectivity index (χ4n) is 2.36. The molecule has 0 saturated carbocycles. The molecule has 2 heterocycles. The highest BCUT2D eigenvalue weighted by Crippen LogP contribution is 2.26. The fraction of sp³-hybridized carbons (Fsp3) is 0.250. The van der Waals surface area contributed by atoms with Gasteiger partial charge < -0.3 is 4.74 Å². The molecule has 3 rings (SSSR count). The number of Topliss-reactive ketones (excluding diaryl/α,β-unsaturated/α-hetero) is 1. The van der Waals surface area contributed by atoms with Crippen molar-refractivity contribution >= 4 is 5.78 Å². The summed E-state index contributed by atoms with van der Waals surface area (Å²) in [6.07, 6.45) is 4.41. The second-order valence-corrected chi connectivity index (χ2v) is 4.86. The summed E-state index contributed by atoms with van der Waals surface area (Å²) in [6.45, 7) is 0.729. The van der Waals surface area contributed by atoms with Crippen LogP contribution in [0, 0.1) is 5.82 Å².